The number of likely N-dealkylation sites (tertiary alicyclic amines) is 1. The van der Waals surface area contributed by atoms with Gasteiger partial charge in [-0.15, -0.1) is 0 Å². The third-order valence-electron chi connectivity index (χ3n) is 5.11. The molecule has 1 saturated carbocycles. The van der Waals surface area contributed by atoms with E-state index in [0.29, 0.717) is 23.6 Å². The topological polar surface area (TPSA) is 92.8 Å². The Labute approximate surface area is 189 Å². The number of aryl methyl sites for hydroxylation is 1. The number of hydrogen-bond donors (Lipinski definition) is 1. The average Bonchev–Trinajstić information content (AvgIpc) is 2.88. The first-order chi connectivity index (χ1) is 13.7. The lowest BCUT2D eigenvalue weighted by molar-refractivity contribution is -0.154. The molecular weight excluding hydrogens is 531 g/mol. The highest BCUT2D eigenvalue weighted by atomic mass is 79.9. The number of alkyl halides is 2. The van der Waals surface area contributed by atoms with Crippen molar-refractivity contribution in [1.82, 2.24) is 4.90 Å². The van der Waals surface area contributed by atoms with E-state index < -0.39 is 36.9 Å². The Morgan fingerprint density at radius 1 is 1.17 bits per heavy atom. The number of amides is 3. The number of halogens is 3. The van der Waals surface area contributed by atoms with Gasteiger partial charge in [-0.05, 0) is 37.5 Å². The van der Waals surface area contributed by atoms with Crippen molar-refractivity contribution in [1.29, 1.82) is 0 Å². The monoisotopic (exact) mass is 548 g/mol. The number of benzene rings is 1. The van der Waals surface area contributed by atoms with Crippen LogP contribution in [0.3, 0.4) is 0 Å². The highest BCUT2D eigenvalue weighted by Gasteiger charge is 2.52. The van der Waals surface area contributed by atoms with E-state index in [-0.39, 0.29) is 21.5 Å². The number of hydrogen-bond acceptors (Lipinski definition) is 5. The quantitative estimate of drug-likeness (QED) is 0.346. The Bertz CT molecular complexity index is 837. The predicted octanol–water partition coefficient (Wildman–Crippen LogP) is 3.05. The van der Waals surface area contributed by atoms with Crippen molar-refractivity contribution < 1.29 is 23.9 Å². The molecule has 1 aliphatic carbocycles. The summed E-state index contributed by atoms with van der Waals surface area (Å²) in [7, 11) is 0. The number of carbonyl (C=O) groups is 4. The second kappa shape index (κ2) is 9.14. The van der Waals surface area contributed by atoms with Gasteiger partial charge in [0.1, 0.15) is 6.54 Å². The lowest BCUT2D eigenvalue weighted by atomic mass is 9.81. The van der Waals surface area contributed by atoms with Crippen LogP contribution in [0.15, 0.2) is 18.2 Å². The maximum absolute atomic E-state index is 12.5. The molecule has 29 heavy (non-hydrogen) atoms. The summed E-state index contributed by atoms with van der Waals surface area (Å²) in [6, 6.07) is 5.02. The molecule has 3 rings (SSSR count). The van der Waals surface area contributed by atoms with Crippen molar-refractivity contribution in [3.63, 3.8) is 0 Å². The third kappa shape index (κ3) is 5.00. The molecule has 156 valence electrons. The maximum atomic E-state index is 12.5. The van der Waals surface area contributed by atoms with Crippen molar-refractivity contribution in [2.24, 2.45) is 11.8 Å². The van der Waals surface area contributed by atoms with Crippen molar-refractivity contribution in [2.75, 3.05) is 18.5 Å². The molecule has 0 aromatic heterocycles. The van der Waals surface area contributed by atoms with Gasteiger partial charge in [-0.25, -0.2) is 0 Å². The summed E-state index contributed by atoms with van der Waals surface area (Å²) in [5.41, 5.74) is 1.35. The minimum Gasteiger partial charge on any atom is -0.454 e. The molecule has 2 fully saturated rings. The van der Waals surface area contributed by atoms with Gasteiger partial charge in [0.2, 0.25) is 11.8 Å². The van der Waals surface area contributed by atoms with Crippen LogP contribution in [-0.4, -0.2) is 51.4 Å². The van der Waals surface area contributed by atoms with E-state index >= 15 is 0 Å². The largest absolute Gasteiger partial charge is 0.454 e. The zero-order valence-corrected chi connectivity index (χ0v) is 19.4. The lowest BCUT2D eigenvalue weighted by Crippen LogP contribution is -2.37. The number of nitrogens with one attached hydrogen (secondary N) is 1. The van der Waals surface area contributed by atoms with Gasteiger partial charge in [0.25, 0.3) is 5.91 Å². The number of fused-ring (bicyclic) bond motifs is 1. The van der Waals surface area contributed by atoms with Gasteiger partial charge < -0.3 is 10.1 Å². The van der Waals surface area contributed by atoms with Gasteiger partial charge in [-0.3, -0.25) is 24.1 Å². The Kier molecular flexibility index (Phi) is 7.01. The molecule has 1 N–H and O–H groups in total. The van der Waals surface area contributed by atoms with Crippen LogP contribution in [0.25, 0.3) is 0 Å². The van der Waals surface area contributed by atoms with E-state index in [4.69, 9.17) is 16.3 Å². The first kappa shape index (κ1) is 22.2. The second-order valence-corrected chi connectivity index (χ2v) is 9.91. The summed E-state index contributed by atoms with van der Waals surface area (Å²) in [5.74, 6) is -2.94. The highest BCUT2D eigenvalue weighted by Crippen LogP contribution is 2.43. The van der Waals surface area contributed by atoms with Crippen LogP contribution >= 0.6 is 43.5 Å². The van der Waals surface area contributed by atoms with Gasteiger partial charge in [0.15, 0.2) is 6.61 Å². The summed E-state index contributed by atoms with van der Waals surface area (Å²) in [5, 5.41) is 3.07. The SMILES string of the molecule is Cc1ccc(NC(=O)COC(=O)CN2C(=O)[C@@H]3C[C@H](Br)[C@@H](Br)C[C@H]3C2=O)cc1Cl. The molecule has 1 aliphatic heterocycles. The van der Waals surface area contributed by atoms with E-state index in [2.05, 4.69) is 37.2 Å². The fourth-order valence-corrected chi connectivity index (χ4v) is 4.93. The minimum absolute atomic E-state index is 0.0892. The first-order valence-corrected chi connectivity index (χ1v) is 11.2. The molecule has 1 heterocycles. The molecule has 0 radical (unpaired) electrons. The van der Waals surface area contributed by atoms with Crippen molar-refractivity contribution >= 4 is 72.8 Å². The van der Waals surface area contributed by atoms with Crippen molar-refractivity contribution in [3.8, 4) is 0 Å². The van der Waals surface area contributed by atoms with E-state index in [1.165, 1.54) is 0 Å². The fourth-order valence-electron chi connectivity index (χ4n) is 3.51. The first-order valence-electron chi connectivity index (χ1n) is 9.02. The van der Waals surface area contributed by atoms with Crippen LogP contribution in [0, 0.1) is 18.8 Å². The molecule has 1 aromatic rings. The predicted molar refractivity (Wildman–Crippen MR) is 114 cm³/mol. The summed E-state index contributed by atoms with van der Waals surface area (Å²) >= 11 is 13.0. The Morgan fingerprint density at radius 3 is 2.31 bits per heavy atom. The van der Waals surface area contributed by atoms with Crippen LogP contribution in [-0.2, 0) is 23.9 Å². The zero-order valence-electron chi connectivity index (χ0n) is 15.5. The molecule has 1 aromatic carbocycles. The van der Waals surface area contributed by atoms with Gasteiger partial charge in [0, 0.05) is 20.4 Å². The molecule has 10 heteroatoms. The molecule has 7 nitrogen and oxygen atoms in total. The second-order valence-electron chi connectivity index (χ2n) is 7.15. The fraction of sp³-hybridized carbons (Fsp3) is 0.474. The Hall–Kier alpha value is -1.45. The number of carbonyl (C=O) groups excluding carboxylic acids is 4. The van der Waals surface area contributed by atoms with Crippen LogP contribution in [0.5, 0.6) is 0 Å². The van der Waals surface area contributed by atoms with E-state index in [9.17, 15) is 19.2 Å². The van der Waals surface area contributed by atoms with E-state index in [1.54, 1.807) is 18.2 Å². The molecular formula is C19H19Br2ClN2O5. The van der Waals surface area contributed by atoms with Crippen LogP contribution in [0.1, 0.15) is 18.4 Å². The number of anilines is 1. The third-order valence-corrected chi connectivity index (χ3v) is 8.25. The van der Waals surface area contributed by atoms with Gasteiger partial charge >= 0.3 is 5.97 Å². The van der Waals surface area contributed by atoms with Gasteiger partial charge in [-0.1, -0.05) is 49.5 Å². The molecule has 4 atom stereocenters. The number of nitrogens with zero attached hydrogens (tertiary/aromatic N) is 1. The molecule has 0 bridgehead atoms. The lowest BCUT2D eigenvalue weighted by Gasteiger charge is -2.29. The van der Waals surface area contributed by atoms with Crippen LogP contribution < -0.4 is 5.32 Å². The minimum atomic E-state index is -0.812. The number of esters is 1. The van der Waals surface area contributed by atoms with Crippen LogP contribution in [0.2, 0.25) is 5.02 Å². The molecule has 3 amide bonds. The number of imide groups is 1. The summed E-state index contributed by atoms with van der Waals surface area (Å²) in [4.78, 5) is 50.3. The zero-order chi connectivity index (χ0) is 21.3. The highest BCUT2D eigenvalue weighted by molar-refractivity contribution is 9.12. The standard InChI is InChI=1S/C19H19Br2ClN2O5/c1-9-2-3-10(4-15(9)22)23-16(25)8-29-17(26)7-24-18(27)11-5-13(20)14(21)6-12(11)19(24)28/h2-4,11-14H,5-8H2,1H3,(H,23,25)/t11-,12-,13+,14+/m1/s1. The Balaban J connectivity index is 1.51. The average molecular weight is 551 g/mol. The summed E-state index contributed by atoms with van der Waals surface area (Å²) < 4.78 is 4.94. The summed E-state index contributed by atoms with van der Waals surface area (Å²) in [6.07, 6.45) is 1.05. The van der Waals surface area contributed by atoms with Gasteiger partial charge in [0.05, 0.1) is 11.8 Å². The molecule has 0 unspecified atom stereocenters. The smallest absolute Gasteiger partial charge is 0.326 e. The molecule has 2 aliphatic rings. The summed E-state index contributed by atoms with van der Waals surface area (Å²) in [6.45, 7) is 0.817. The van der Waals surface area contributed by atoms with E-state index in [0.717, 1.165) is 10.5 Å². The normalized spacial score (nSPS) is 26.3. The number of ether oxygens (including phenoxy) is 1. The van der Waals surface area contributed by atoms with Crippen molar-refractivity contribution in [3.05, 3.63) is 28.8 Å². The molecule has 1 saturated heterocycles. The molecule has 0 spiro atoms. The number of rotatable bonds is 5. The van der Waals surface area contributed by atoms with Crippen LogP contribution in [0.4, 0.5) is 5.69 Å². The Morgan fingerprint density at radius 2 is 1.76 bits per heavy atom. The maximum Gasteiger partial charge on any atom is 0.326 e. The van der Waals surface area contributed by atoms with E-state index in [1.807, 2.05) is 6.92 Å². The van der Waals surface area contributed by atoms with Crippen molar-refractivity contribution in [2.45, 2.75) is 29.4 Å². The van der Waals surface area contributed by atoms with Gasteiger partial charge in [-0.2, -0.15) is 0 Å².